The Labute approximate surface area is 115 Å². The van der Waals surface area contributed by atoms with E-state index in [4.69, 9.17) is 10.8 Å². The number of anilines is 2. The molecule has 1 aromatic rings. The van der Waals surface area contributed by atoms with Gasteiger partial charge in [-0.25, -0.2) is 4.98 Å². The van der Waals surface area contributed by atoms with E-state index >= 15 is 0 Å². The molecule has 2 heterocycles. The monoisotopic (exact) mass is 280 g/mol. The lowest BCUT2D eigenvalue weighted by Gasteiger charge is -2.33. The molecule has 0 bridgehead atoms. The molecular formula is C12H16N4O4. The highest BCUT2D eigenvalue weighted by molar-refractivity contribution is 5.67. The minimum atomic E-state index is -0.812. The Morgan fingerprint density at radius 3 is 2.95 bits per heavy atom. The van der Waals surface area contributed by atoms with Gasteiger partial charge in [0.1, 0.15) is 5.82 Å². The highest BCUT2D eigenvalue weighted by Gasteiger charge is 2.24. The number of aliphatic carboxylic acids is 1. The number of piperidine rings is 1. The van der Waals surface area contributed by atoms with Crippen molar-refractivity contribution in [3.05, 3.63) is 22.2 Å². The van der Waals surface area contributed by atoms with Crippen LogP contribution in [0.4, 0.5) is 17.3 Å². The maximum Gasteiger partial charge on any atom is 0.311 e. The van der Waals surface area contributed by atoms with Gasteiger partial charge < -0.3 is 15.7 Å². The van der Waals surface area contributed by atoms with Crippen LogP contribution in [-0.2, 0) is 4.79 Å². The SMILES string of the molecule is Nc1nc(N2CCCC(CC(=O)O)C2)ccc1[N+](=O)[O-]. The van der Waals surface area contributed by atoms with E-state index in [1.807, 2.05) is 4.90 Å². The number of nitrogen functional groups attached to an aromatic ring is 1. The molecule has 0 saturated carbocycles. The van der Waals surface area contributed by atoms with Gasteiger partial charge in [0, 0.05) is 25.6 Å². The summed E-state index contributed by atoms with van der Waals surface area (Å²) in [5.41, 5.74) is 5.36. The first kappa shape index (κ1) is 14.0. The molecule has 20 heavy (non-hydrogen) atoms. The molecule has 1 aliphatic rings. The minimum absolute atomic E-state index is 0.0690. The zero-order valence-corrected chi connectivity index (χ0v) is 10.9. The second kappa shape index (κ2) is 5.72. The fraction of sp³-hybridized carbons (Fsp3) is 0.500. The molecule has 0 aromatic carbocycles. The first-order valence-corrected chi connectivity index (χ1v) is 6.35. The molecule has 0 aliphatic carbocycles. The Morgan fingerprint density at radius 1 is 1.60 bits per heavy atom. The molecule has 2 rings (SSSR count). The molecule has 108 valence electrons. The predicted octanol–water partition coefficient (Wildman–Crippen LogP) is 1.26. The third kappa shape index (κ3) is 3.14. The van der Waals surface area contributed by atoms with E-state index in [9.17, 15) is 14.9 Å². The number of hydrogen-bond donors (Lipinski definition) is 2. The molecule has 1 aliphatic heterocycles. The van der Waals surface area contributed by atoms with Crippen molar-refractivity contribution in [2.24, 2.45) is 5.92 Å². The Balaban J connectivity index is 2.13. The van der Waals surface area contributed by atoms with Gasteiger partial charge in [-0.2, -0.15) is 0 Å². The Morgan fingerprint density at radius 2 is 2.35 bits per heavy atom. The third-order valence-corrected chi connectivity index (χ3v) is 3.39. The van der Waals surface area contributed by atoms with Crippen LogP contribution >= 0.6 is 0 Å². The van der Waals surface area contributed by atoms with Gasteiger partial charge >= 0.3 is 11.7 Å². The summed E-state index contributed by atoms with van der Waals surface area (Å²) in [4.78, 5) is 26.8. The van der Waals surface area contributed by atoms with E-state index in [-0.39, 0.29) is 23.8 Å². The van der Waals surface area contributed by atoms with E-state index in [1.54, 1.807) is 6.07 Å². The van der Waals surface area contributed by atoms with Gasteiger partial charge in [-0.15, -0.1) is 0 Å². The van der Waals surface area contributed by atoms with Crippen molar-refractivity contribution in [2.45, 2.75) is 19.3 Å². The van der Waals surface area contributed by atoms with E-state index < -0.39 is 10.9 Å². The molecule has 0 radical (unpaired) electrons. The Bertz CT molecular complexity index is 534. The largest absolute Gasteiger partial charge is 0.481 e. The maximum atomic E-state index is 10.8. The smallest absolute Gasteiger partial charge is 0.311 e. The van der Waals surface area contributed by atoms with Crippen molar-refractivity contribution in [3.63, 3.8) is 0 Å². The van der Waals surface area contributed by atoms with Crippen molar-refractivity contribution in [1.29, 1.82) is 0 Å². The molecular weight excluding hydrogens is 264 g/mol. The van der Waals surface area contributed by atoms with Crippen molar-refractivity contribution in [1.82, 2.24) is 4.98 Å². The number of nitrogens with two attached hydrogens (primary N) is 1. The lowest BCUT2D eigenvalue weighted by molar-refractivity contribution is -0.384. The first-order chi connectivity index (χ1) is 9.47. The molecule has 0 amide bonds. The van der Waals surface area contributed by atoms with Crippen LogP contribution in [0.1, 0.15) is 19.3 Å². The summed E-state index contributed by atoms with van der Waals surface area (Å²) in [7, 11) is 0. The van der Waals surface area contributed by atoms with Gasteiger partial charge in [0.15, 0.2) is 0 Å². The van der Waals surface area contributed by atoms with Crippen molar-refractivity contribution in [3.8, 4) is 0 Å². The van der Waals surface area contributed by atoms with Gasteiger partial charge in [0.05, 0.1) is 4.92 Å². The Kier molecular flexibility index (Phi) is 4.02. The van der Waals surface area contributed by atoms with Crippen LogP contribution in [0.25, 0.3) is 0 Å². The van der Waals surface area contributed by atoms with Crippen LogP contribution in [0.15, 0.2) is 12.1 Å². The van der Waals surface area contributed by atoms with Gasteiger partial charge in [-0.3, -0.25) is 14.9 Å². The number of rotatable bonds is 4. The van der Waals surface area contributed by atoms with E-state index in [2.05, 4.69) is 4.98 Å². The molecule has 1 saturated heterocycles. The van der Waals surface area contributed by atoms with Crippen LogP contribution < -0.4 is 10.6 Å². The maximum absolute atomic E-state index is 10.8. The van der Waals surface area contributed by atoms with Crippen LogP contribution in [0, 0.1) is 16.0 Å². The van der Waals surface area contributed by atoms with E-state index in [0.29, 0.717) is 12.4 Å². The van der Waals surface area contributed by atoms with Gasteiger partial charge in [-0.1, -0.05) is 0 Å². The lowest BCUT2D eigenvalue weighted by atomic mass is 9.95. The number of carboxylic acid groups (broad SMARTS) is 1. The number of carbonyl (C=O) groups is 1. The van der Waals surface area contributed by atoms with E-state index in [0.717, 1.165) is 19.4 Å². The fourth-order valence-corrected chi connectivity index (χ4v) is 2.47. The summed E-state index contributed by atoms with van der Waals surface area (Å²) in [5, 5.41) is 19.5. The molecule has 1 aromatic heterocycles. The number of hydrogen-bond acceptors (Lipinski definition) is 6. The van der Waals surface area contributed by atoms with Crippen molar-refractivity contribution >= 4 is 23.3 Å². The number of pyridine rings is 1. The van der Waals surface area contributed by atoms with Crippen LogP contribution in [0.2, 0.25) is 0 Å². The number of carboxylic acids is 1. The summed E-state index contributed by atoms with van der Waals surface area (Å²) >= 11 is 0. The van der Waals surface area contributed by atoms with Gasteiger partial charge in [0.25, 0.3) is 0 Å². The number of nitrogens with zero attached hydrogens (tertiary/aromatic N) is 3. The molecule has 1 atom stereocenters. The molecule has 1 unspecified atom stereocenters. The minimum Gasteiger partial charge on any atom is -0.481 e. The standard InChI is InChI=1S/C12H16N4O4/c13-12-9(16(19)20)3-4-10(14-12)15-5-1-2-8(7-15)6-11(17)18/h3-4,8H,1-2,5-7H2,(H2,13,14)(H,17,18). The van der Waals surface area contributed by atoms with Gasteiger partial charge in [-0.05, 0) is 24.8 Å². The fourth-order valence-electron chi connectivity index (χ4n) is 2.47. The number of nitro groups is 1. The van der Waals surface area contributed by atoms with Crippen molar-refractivity contribution in [2.75, 3.05) is 23.7 Å². The second-order valence-electron chi connectivity index (χ2n) is 4.88. The number of aromatic nitrogens is 1. The normalized spacial score (nSPS) is 18.8. The molecule has 3 N–H and O–H groups in total. The summed E-state index contributed by atoms with van der Waals surface area (Å²) in [6, 6.07) is 2.89. The molecule has 1 fully saturated rings. The molecule has 8 heteroatoms. The first-order valence-electron chi connectivity index (χ1n) is 6.35. The third-order valence-electron chi connectivity index (χ3n) is 3.39. The quantitative estimate of drug-likeness (QED) is 0.628. The van der Waals surface area contributed by atoms with Crippen LogP contribution in [0.3, 0.4) is 0 Å². The summed E-state index contributed by atoms with van der Waals surface area (Å²) in [5.74, 6) is -0.302. The summed E-state index contributed by atoms with van der Waals surface area (Å²) < 4.78 is 0. The zero-order valence-electron chi connectivity index (χ0n) is 10.9. The average molecular weight is 280 g/mol. The summed E-state index contributed by atoms with van der Waals surface area (Å²) in [6.07, 6.45) is 1.86. The zero-order chi connectivity index (χ0) is 14.7. The average Bonchev–Trinajstić information content (AvgIpc) is 2.37. The highest BCUT2D eigenvalue weighted by atomic mass is 16.6. The molecule has 8 nitrogen and oxygen atoms in total. The highest BCUT2D eigenvalue weighted by Crippen LogP contribution is 2.27. The second-order valence-corrected chi connectivity index (χ2v) is 4.88. The van der Waals surface area contributed by atoms with Crippen LogP contribution in [-0.4, -0.2) is 34.1 Å². The lowest BCUT2D eigenvalue weighted by Crippen LogP contribution is -2.36. The topological polar surface area (TPSA) is 123 Å². The molecule has 0 spiro atoms. The van der Waals surface area contributed by atoms with Gasteiger partial charge in [0.2, 0.25) is 5.82 Å². The van der Waals surface area contributed by atoms with Crippen molar-refractivity contribution < 1.29 is 14.8 Å². The summed E-state index contributed by atoms with van der Waals surface area (Å²) in [6.45, 7) is 1.33. The van der Waals surface area contributed by atoms with E-state index in [1.165, 1.54) is 6.07 Å². The van der Waals surface area contributed by atoms with Crippen LogP contribution in [0.5, 0.6) is 0 Å². The Hall–Kier alpha value is -2.38. The predicted molar refractivity (Wildman–Crippen MR) is 72.5 cm³/mol.